The van der Waals surface area contributed by atoms with E-state index in [1.54, 1.807) is 0 Å². The van der Waals surface area contributed by atoms with E-state index in [1.165, 1.54) is 12.8 Å². The Morgan fingerprint density at radius 3 is 2.75 bits per heavy atom. The van der Waals surface area contributed by atoms with Crippen LogP contribution in [0.15, 0.2) is 11.9 Å². The zero-order valence-corrected chi connectivity index (χ0v) is 6.46. The van der Waals surface area contributed by atoms with E-state index >= 15 is 0 Å². The van der Waals surface area contributed by atoms with Gasteiger partial charge < -0.3 is 0 Å². The molecule has 0 aromatic carbocycles. The van der Waals surface area contributed by atoms with Gasteiger partial charge in [0.2, 0.25) is 0 Å². The molecule has 8 heavy (non-hydrogen) atoms. The predicted octanol–water partition coefficient (Wildman–Crippen LogP) is 2.42. The summed E-state index contributed by atoms with van der Waals surface area (Å²) >= 11 is 0. The first-order valence-corrected chi connectivity index (χ1v) is 3.88. The van der Waals surface area contributed by atoms with E-state index in [1.807, 2.05) is 0 Å². The second kappa shape index (κ2) is 2.64. The van der Waals surface area contributed by atoms with E-state index in [0.29, 0.717) is 0 Å². The van der Waals surface area contributed by atoms with Gasteiger partial charge in [0.25, 0.3) is 0 Å². The molecule has 1 aliphatic rings. The fourth-order valence-corrected chi connectivity index (χ4v) is 1.14. The molecule has 0 N–H and O–H groups in total. The summed E-state index contributed by atoms with van der Waals surface area (Å²) in [5, 5.41) is 0. The maximum Gasteiger partial charge on any atom is -0.0316 e. The lowest BCUT2D eigenvalue weighted by Crippen LogP contribution is -1.71. The largest absolute Gasteiger partial charge is 0.114 e. The Morgan fingerprint density at radius 1 is 1.75 bits per heavy atom. The highest BCUT2D eigenvalue weighted by atomic mass is 31.0. The van der Waals surface area contributed by atoms with Gasteiger partial charge in [0.05, 0.1) is 0 Å². The Kier molecular flexibility index (Phi) is 2.08. The fraction of sp³-hybridized carbons (Fsp3) is 0.714. The van der Waals surface area contributed by atoms with Crippen LogP contribution in [0.5, 0.6) is 0 Å². The van der Waals surface area contributed by atoms with E-state index in [0.717, 1.165) is 11.8 Å². The summed E-state index contributed by atoms with van der Waals surface area (Å²) in [5.41, 5.74) is 0. The van der Waals surface area contributed by atoms with Crippen LogP contribution < -0.4 is 0 Å². The quantitative estimate of drug-likeness (QED) is 0.501. The van der Waals surface area contributed by atoms with Crippen LogP contribution in [0.3, 0.4) is 0 Å². The third-order valence-corrected chi connectivity index (χ3v) is 2.12. The van der Waals surface area contributed by atoms with Crippen molar-refractivity contribution in [2.75, 3.05) is 0 Å². The highest BCUT2D eigenvalue weighted by molar-refractivity contribution is 7.20. The van der Waals surface area contributed by atoms with Crippen LogP contribution in [-0.4, -0.2) is 0 Å². The third kappa shape index (κ3) is 1.59. The third-order valence-electron chi connectivity index (χ3n) is 1.85. The highest BCUT2D eigenvalue weighted by Crippen LogP contribution is 2.40. The highest BCUT2D eigenvalue weighted by Gasteiger charge is 2.30. The number of allylic oxidation sites excluding steroid dienone is 1. The Labute approximate surface area is 53.6 Å². The molecule has 3 atom stereocenters. The Balaban J connectivity index is 2.05. The Hall–Kier alpha value is 0.170. The SMILES string of the molecule is CC1CC1CC=CP. The van der Waals surface area contributed by atoms with Crippen LogP contribution in [-0.2, 0) is 0 Å². The molecule has 0 nitrogen and oxygen atoms in total. The van der Waals surface area contributed by atoms with Gasteiger partial charge in [-0.3, -0.25) is 0 Å². The molecule has 46 valence electrons. The van der Waals surface area contributed by atoms with Crippen molar-refractivity contribution in [1.29, 1.82) is 0 Å². The van der Waals surface area contributed by atoms with E-state index in [-0.39, 0.29) is 0 Å². The summed E-state index contributed by atoms with van der Waals surface area (Å²) in [6.45, 7) is 2.32. The fourth-order valence-electron chi connectivity index (χ4n) is 0.981. The summed E-state index contributed by atoms with van der Waals surface area (Å²) < 4.78 is 0. The van der Waals surface area contributed by atoms with Gasteiger partial charge in [0, 0.05) is 0 Å². The minimum atomic E-state index is 1.01. The van der Waals surface area contributed by atoms with Crippen molar-refractivity contribution in [2.24, 2.45) is 11.8 Å². The molecular formula is C7H13P. The Bertz CT molecular complexity index is 96.6. The van der Waals surface area contributed by atoms with Crippen molar-refractivity contribution in [3.63, 3.8) is 0 Å². The molecule has 1 saturated carbocycles. The second-order valence-corrected chi connectivity index (χ2v) is 3.02. The van der Waals surface area contributed by atoms with E-state index in [4.69, 9.17) is 0 Å². The first-order valence-electron chi connectivity index (χ1n) is 3.21. The maximum absolute atomic E-state index is 2.60. The molecule has 3 unspecified atom stereocenters. The zero-order chi connectivity index (χ0) is 5.98. The van der Waals surface area contributed by atoms with Crippen molar-refractivity contribution in [3.8, 4) is 0 Å². The monoisotopic (exact) mass is 128 g/mol. The smallest absolute Gasteiger partial charge is 0.0316 e. The molecule has 0 spiro atoms. The van der Waals surface area contributed by atoms with Crippen molar-refractivity contribution in [1.82, 2.24) is 0 Å². The van der Waals surface area contributed by atoms with Gasteiger partial charge in [-0.15, -0.1) is 9.24 Å². The Morgan fingerprint density at radius 2 is 2.38 bits per heavy atom. The number of hydrogen-bond donors (Lipinski definition) is 0. The van der Waals surface area contributed by atoms with Gasteiger partial charge >= 0.3 is 0 Å². The average Bonchev–Trinajstić information content (AvgIpc) is 2.42. The molecule has 0 heterocycles. The lowest BCUT2D eigenvalue weighted by Gasteiger charge is -1.83. The molecular weight excluding hydrogens is 115 g/mol. The zero-order valence-electron chi connectivity index (χ0n) is 5.30. The molecule has 1 rings (SSSR count). The molecule has 1 heteroatoms. The minimum Gasteiger partial charge on any atom is -0.114 e. The van der Waals surface area contributed by atoms with Gasteiger partial charge in [-0.05, 0) is 24.7 Å². The van der Waals surface area contributed by atoms with Gasteiger partial charge in [0.1, 0.15) is 0 Å². The molecule has 0 aromatic heterocycles. The van der Waals surface area contributed by atoms with Crippen LogP contribution in [0.1, 0.15) is 19.8 Å². The summed E-state index contributed by atoms with van der Waals surface area (Å²) in [7, 11) is 2.60. The molecule has 1 fully saturated rings. The molecule has 0 saturated heterocycles. The standard InChI is InChI=1S/C7H13P/c1-6-5-7(6)3-2-4-8/h2,4,6-7H,3,5,8H2,1H3. The van der Waals surface area contributed by atoms with Crippen molar-refractivity contribution >= 4 is 9.24 Å². The van der Waals surface area contributed by atoms with E-state index in [2.05, 4.69) is 28.1 Å². The molecule has 0 aromatic rings. The topological polar surface area (TPSA) is 0 Å². The van der Waals surface area contributed by atoms with Gasteiger partial charge in [-0.1, -0.05) is 18.8 Å². The van der Waals surface area contributed by atoms with Crippen LogP contribution >= 0.6 is 9.24 Å². The lowest BCUT2D eigenvalue weighted by atomic mass is 10.2. The second-order valence-electron chi connectivity index (χ2n) is 2.64. The normalized spacial score (nSPS) is 36.2. The molecule has 1 aliphatic carbocycles. The average molecular weight is 128 g/mol. The molecule has 0 aliphatic heterocycles. The maximum atomic E-state index is 2.60. The molecule has 0 radical (unpaired) electrons. The molecule has 0 amide bonds. The summed E-state index contributed by atoms with van der Waals surface area (Å²) in [6.07, 6.45) is 4.98. The van der Waals surface area contributed by atoms with Crippen LogP contribution in [0.2, 0.25) is 0 Å². The van der Waals surface area contributed by atoms with Crippen molar-refractivity contribution < 1.29 is 0 Å². The van der Waals surface area contributed by atoms with E-state index < -0.39 is 0 Å². The predicted molar refractivity (Wildman–Crippen MR) is 40.7 cm³/mol. The van der Waals surface area contributed by atoms with Crippen LogP contribution in [0.4, 0.5) is 0 Å². The summed E-state index contributed by atoms with van der Waals surface area (Å²) in [6, 6.07) is 0. The summed E-state index contributed by atoms with van der Waals surface area (Å²) in [5.74, 6) is 4.09. The first kappa shape index (κ1) is 6.29. The van der Waals surface area contributed by atoms with Crippen molar-refractivity contribution in [2.45, 2.75) is 19.8 Å². The number of hydrogen-bond acceptors (Lipinski definition) is 0. The van der Waals surface area contributed by atoms with Gasteiger partial charge in [-0.2, -0.15) is 0 Å². The number of rotatable bonds is 2. The molecule has 0 bridgehead atoms. The van der Waals surface area contributed by atoms with Gasteiger partial charge in [-0.25, -0.2) is 0 Å². The lowest BCUT2D eigenvalue weighted by molar-refractivity contribution is 0.766. The summed E-state index contributed by atoms with van der Waals surface area (Å²) in [4.78, 5) is 0. The van der Waals surface area contributed by atoms with E-state index in [9.17, 15) is 0 Å². The van der Waals surface area contributed by atoms with Gasteiger partial charge in [0.15, 0.2) is 0 Å². The van der Waals surface area contributed by atoms with Crippen molar-refractivity contribution in [3.05, 3.63) is 11.9 Å². The van der Waals surface area contributed by atoms with Crippen LogP contribution in [0, 0.1) is 11.8 Å². The first-order chi connectivity index (χ1) is 3.84. The minimum absolute atomic E-state index is 1.01. The van der Waals surface area contributed by atoms with Crippen LogP contribution in [0.25, 0.3) is 0 Å².